The summed E-state index contributed by atoms with van der Waals surface area (Å²) in [5.41, 5.74) is 0.166. The molecule has 0 saturated carbocycles. The molecule has 0 aliphatic heterocycles. The van der Waals surface area contributed by atoms with Crippen molar-refractivity contribution >= 4 is 17.7 Å². The molecular formula is C12H17N3O3. The molecule has 6 heteroatoms. The van der Waals surface area contributed by atoms with Crippen molar-refractivity contribution in [1.29, 1.82) is 0 Å². The third-order valence-electron chi connectivity index (χ3n) is 2.11. The molecule has 1 heterocycles. The smallest absolute Gasteiger partial charge is 0.335 e. The Balaban J connectivity index is 2.42. The zero-order chi connectivity index (χ0) is 13.5. The van der Waals surface area contributed by atoms with Crippen LogP contribution in [0.25, 0.3) is 0 Å². The summed E-state index contributed by atoms with van der Waals surface area (Å²) >= 11 is 0. The summed E-state index contributed by atoms with van der Waals surface area (Å²) in [6.07, 6.45) is 1.73. The lowest BCUT2D eigenvalue weighted by molar-refractivity contribution is -0.121. The number of carboxylic acids is 1. The minimum absolute atomic E-state index is 0.0492. The normalized spacial score (nSPS) is 10.2. The number of nitrogens with one attached hydrogen (secondary N) is 2. The highest BCUT2D eigenvalue weighted by molar-refractivity contribution is 5.88. The Morgan fingerprint density at radius 1 is 1.44 bits per heavy atom. The van der Waals surface area contributed by atoms with Crippen LogP contribution in [0.3, 0.4) is 0 Å². The van der Waals surface area contributed by atoms with Gasteiger partial charge in [-0.3, -0.25) is 4.79 Å². The molecule has 0 aliphatic carbocycles. The lowest BCUT2D eigenvalue weighted by atomic mass is 10.2. The van der Waals surface area contributed by atoms with E-state index in [2.05, 4.69) is 15.6 Å². The number of hydrogen-bond acceptors (Lipinski definition) is 4. The van der Waals surface area contributed by atoms with Crippen molar-refractivity contribution in [2.45, 2.75) is 26.3 Å². The van der Waals surface area contributed by atoms with E-state index >= 15 is 0 Å². The highest BCUT2D eigenvalue weighted by Crippen LogP contribution is 2.06. The third kappa shape index (κ3) is 4.82. The molecular weight excluding hydrogens is 234 g/mol. The molecule has 0 spiro atoms. The maximum Gasteiger partial charge on any atom is 0.335 e. The Bertz CT molecular complexity index is 432. The number of rotatable bonds is 6. The molecule has 3 N–H and O–H groups in total. The summed E-state index contributed by atoms with van der Waals surface area (Å²) in [6, 6.07) is 2.97. The van der Waals surface area contributed by atoms with Gasteiger partial charge in [0.05, 0.1) is 5.56 Å². The molecule has 1 rings (SSSR count). The van der Waals surface area contributed by atoms with E-state index in [1.165, 1.54) is 18.3 Å². The quantitative estimate of drug-likeness (QED) is 0.704. The van der Waals surface area contributed by atoms with E-state index in [1.807, 2.05) is 13.8 Å². The number of anilines is 1. The number of carbonyl (C=O) groups excluding carboxylic acids is 1. The molecule has 0 radical (unpaired) electrons. The predicted molar refractivity (Wildman–Crippen MR) is 67.6 cm³/mol. The Labute approximate surface area is 105 Å². The summed E-state index contributed by atoms with van der Waals surface area (Å²) < 4.78 is 0. The zero-order valence-electron chi connectivity index (χ0n) is 10.4. The maximum absolute atomic E-state index is 11.4. The molecule has 1 aromatic heterocycles. The van der Waals surface area contributed by atoms with Gasteiger partial charge in [-0.25, -0.2) is 9.78 Å². The molecule has 0 saturated heterocycles. The Morgan fingerprint density at radius 2 is 2.17 bits per heavy atom. The van der Waals surface area contributed by atoms with Crippen molar-refractivity contribution < 1.29 is 14.7 Å². The van der Waals surface area contributed by atoms with Gasteiger partial charge in [-0.15, -0.1) is 0 Å². The molecule has 0 fully saturated rings. The van der Waals surface area contributed by atoms with Crippen LogP contribution in [0, 0.1) is 0 Å². The van der Waals surface area contributed by atoms with E-state index in [0.29, 0.717) is 18.8 Å². The number of carbonyl (C=O) groups is 2. The predicted octanol–water partition coefficient (Wildman–Crippen LogP) is 1.11. The average molecular weight is 251 g/mol. The highest BCUT2D eigenvalue weighted by atomic mass is 16.4. The van der Waals surface area contributed by atoms with E-state index in [-0.39, 0.29) is 17.5 Å². The van der Waals surface area contributed by atoms with Crippen molar-refractivity contribution in [3.05, 3.63) is 23.9 Å². The number of amides is 1. The molecule has 0 atom stereocenters. The van der Waals surface area contributed by atoms with Gasteiger partial charge >= 0.3 is 5.97 Å². The summed E-state index contributed by atoms with van der Waals surface area (Å²) in [6.45, 7) is 4.20. The number of aromatic nitrogens is 1. The summed E-state index contributed by atoms with van der Waals surface area (Å²) in [5.74, 6) is -0.600. The Hall–Kier alpha value is -2.11. The van der Waals surface area contributed by atoms with Crippen LogP contribution >= 0.6 is 0 Å². The van der Waals surface area contributed by atoms with Crippen molar-refractivity contribution in [2.24, 2.45) is 0 Å². The van der Waals surface area contributed by atoms with Crippen LogP contribution in [0.15, 0.2) is 18.3 Å². The third-order valence-corrected chi connectivity index (χ3v) is 2.11. The van der Waals surface area contributed by atoms with E-state index in [4.69, 9.17) is 5.11 Å². The summed E-state index contributed by atoms with van der Waals surface area (Å²) in [7, 11) is 0. The van der Waals surface area contributed by atoms with Gasteiger partial charge in [-0.1, -0.05) is 0 Å². The van der Waals surface area contributed by atoms with Gasteiger partial charge in [0.1, 0.15) is 5.82 Å². The second-order valence-electron chi connectivity index (χ2n) is 4.13. The first-order chi connectivity index (χ1) is 8.49. The fraction of sp³-hybridized carbons (Fsp3) is 0.417. The standard InChI is InChI=1S/C12H17N3O3/c1-8(2)15-11(16)4-6-14-10-7-9(12(17)18)3-5-13-10/h3,5,7-8H,4,6H2,1-2H3,(H,13,14)(H,15,16)(H,17,18). The Kier molecular flexibility index (Phi) is 5.10. The number of hydrogen-bond donors (Lipinski definition) is 3. The van der Waals surface area contributed by atoms with Gasteiger partial charge in [0.2, 0.25) is 5.91 Å². The SMILES string of the molecule is CC(C)NC(=O)CCNc1cc(C(=O)O)ccn1. The minimum Gasteiger partial charge on any atom is -0.478 e. The van der Waals surface area contributed by atoms with Gasteiger partial charge in [-0.2, -0.15) is 0 Å². The number of nitrogens with zero attached hydrogens (tertiary/aromatic N) is 1. The molecule has 0 aromatic carbocycles. The fourth-order valence-electron chi connectivity index (χ4n) is 1.36. The average Bonchev–Trinajstić information content (AvgIpc) is 2.28. The van der Waals surface area contributed by atoms with Crippen molar-refractivity contribution in [1.82, 2.24) is 10.3 Å². The summed E-state index contributed by atoms with van der Waals surface area (Å²) in [4.78, 5) is 26.1. The van der Waals surface area contributed by atoms with Crippen LogP contribution in [-0.4, -0.2) is 34.6 Å². The van der Waals surface area contributed by atoms with Crippen LogP contribution < -0.4 is 10.6 Å². The van der Waals surface area contributed by atoms with Crippen molar-refractivity contribution in [3.63, 3.8) is 0 Å². The van der Waals surface area contributed by atoms with Gasteiger partial charge < -0.3 is 15.7 Å². The number of pyridine rings is 1. The molecule has 0 aliphatic rings. The molecule has 0 bridgehead atoms. The van der Waals surface area contributed by atoms with Crippen LogP contribution in [-0.2, 0) is 4.79 Å². The van der Waals surface area contributed by atoms with Crippen LogP contribution in [0.4, 0.5) is 5.82 Å². The van der Waals surface area contributed by atoms with Gasteiger partial charge in [0, 0.05) is 25.2 Å². The minimum atomic E-state index is -1.00. The highest BCUT2D eigenvalue weighted by Gasteiger charge is 2.05. The first-order valence-electron chi connectivity index (χ1n) is 5.71. The van der Waals surface area contributed by atoms with E-state index in [1.54, 1.807) is 0 Å². The fourth-order valence-corrected chi connectivity index (χ4v) is 1.36. The topological polar surface area (TPSA) is 91.3 Å². The van der Waals surface area contributed by atoms with Gasteiger partial charge in [0.25, 0.3) is 0 Å². The van der Waals surface area contributed by atoms with Crippen LogP contribution in [0.1, 0.15) is 30.6 Å². The van der Waals surface area contributed by atoms with Crippen molar-refractivity contribution in [3.8, 4) is 0 Å². The van der Waals surface area contributed by atoms with Gasteiger partial charge in [0.15, 0.2) is 0 Å². The van der Waals surface area contributed by atoms with Crippen LogP contribution in [0.5, 0.6) is 0 Å². The van der Waals surface area contributed by atoms with Crippen molar-refractivity contribution in [2.75, 3.05) is 11.9 Å². The largest absolute Gasteiger partial charge is 0.478 e. The zero-order valence-corrected chi connectivity index (χ0v) is 10.4. The van der Waals surface area contributed by atoms with Gasteiger partial charge in [-0.05, 0) is 26.0 Å². The molecule has 18 heavy (non-hydrogen) atoms. The Morgan fingerprint density at radius 3 is 2.78 bits per heavy atom. The van der Waals surface area contributed by atoms with E-state index < -0.39 is 5.97 Å². The second kappa shape index (κ2) is 6.58. The molecule has 1 amide bonds. The van der Waals surface area contributed by atoms with E-state index in [9.17, 15) is 9.59 Å². The first kappa shape index (κ1) is 14.0. The number of aromatic carboxylic acids is 1. The molecule has 1 aromatic rings. The monoisotopic (exact) mass is 251 g/mol. The maximum atomic E-state index is 11.4. The second-order valence-corrected chi connectivity index (χ2v) is 4.13. The lowest BCUT2D eigenvalue weighted by Crippen LogP contribution is -2.31. The summed E-state index contributed by atoms with van der Waals surface area (Å²) in [5, 5.41) is 14.5. The van der Waals surface area contributed by atoms with Crippen LogP contribution in [0.2, 0.25) is 0 Å². The first-order valence-corrected chi connectivity index (χ1v) is 5.71. The molecule has 6 nitrogen and oxygen atoms in total. The number of carboxylic acid groups (broad SMARTS) is 1. The molecule has 98 valence electrons. The van der Waals surface area contributed by atoms with E-state index in [0.717, 1.165) is 0 Å². The lowest BCUT2D eigenvalue weighted by Gasteiger charge is -2.09. The molecule has 0 unspecified atom stereocenters.